The summed E-state index contributed by atoms with van der Waals surface area (Å²) in [6.45, 7) is 9.79. The Bertz CT molecular complexity index is 953. The lowest BCUT2D eigenvalue weighted by Crippen LogP contribution is -2.02. The number of benzene rings is 1. The average Bonchev–Trinajstić information content (AvgIpc) is 2.79. The molecule has 1 aromatic carbocycles. The molecule has 3 aromatic rings. The molecule has 6 heteroatoms. The molecule has 2 heterocycles. The van der Waals surface area contributed by atoms with E-state index in [0.717, 1.165) is 22.2 Å². The van der Waals surface area contributed by atoms with E-state index in [9.17, 15) is 9.90 Å². The number of aryl methyl sites for hydroxylation is 5. The number of carbonyl (C=O) groups is 1. The van der Waals surface area contributed by atoms with Crippen molar-refractivity contribution in [1.29, 1.82) is 0 Å². The van der Waals surface area contributed by atoms with Gasteiger partial charge < -0.3 is 10.4 Å². The summed E-state index contributed by atoms with van der Waals surface area (Å²) in [7, 11) is 0. The van der Waals surface area contributed by atoms with E-state index in [4.69, 9.17) is 0 Å². The Kier molecular flexibility index (Phi) is 4.01. The van der Waals surface area contributed by atoms with Gasteiger partial charge in [-0.2, -0.15) is 0 Å². The van der Waals surface area contributed by atoms with E-state index in [0.29, 0.717) is 26.9 Å². The predicted molar refractivity (Wildman–Crippen MR) is 97.8 cm³/mol. The van der Waals surface area contributed by atoms with E-state index < -0.39 is 5.97 Å². The molecule has 3 rings (SSSR count). The number of nitrogens with zero attached hydrogens (tertiary/aromatic N) is 2. The first kappa shape index (κ1) is 16.4. The normalized spacial score (nSPS) is 11.0. The van der Waals surface area contributed by atoms with Crippen LogP contribution in [-0.2, 0) is 0 Å². The summed E-state index contributed by atoms with van der Waals surface area (Å²) in [6, 6.07) is 4.23. The molecule has 0 unspecified atom stereocenters. The van der Waals surface area contributed by atoms with Crippen LogP contribution < -0.4 is 5.32 Å². The maximum Gasteiger partial charge on any atom is 0.346 e. The summed E-state index contributed by atoms with van der Waals surface area (Å²) in [4.78, 5) is 21.4. The summed E-state index contributed by atoms with van der Waals surface area (Å²) in [5, 5.41) is 13.6. The van der Waals surface area contributed by atoms with Crippen LogP contribution in [0.1, 0.15) is 37.7 Å². The molecule has 0 aliphatic carbocycles. The second-order valence-corrected chi connectivity index (χ2v) is 7.06. The van der Waals surface area contributed by atoms with Crippen molar-refractivity contribution in [2.75, 3.05) is 5.32 Å². The molecule has 0 amide bonds. The molecule has 0 aliphatic rings. The summed E-state index contributed by atoms with van der Waals surface area (Å²) in [6.07, 6.45) is 0. The third-order valence-corrected chi connectivity index (χ3v) is 5.19. The van der Waals surface area contributed by atoms with E-state index in [1.165, 1.54) is 16.9 Å². The zero-order chi connectivity index (χ0) is 17.6. The van der Waals surface area contributed by atoms with Crippen molar-refractivity contribution in [1.82, 2.24) is 9.97 Å². The van der Waals surface area contributed by atoms with Gasteiger partial charge in [-0.1, -0.05) is 17.7 Å². The van der Waals surface area contributed by atoms with E-state index in [1.807, 2.05) is 6.92 Å². The number of fused-ring (bicyclic) bond motifs is 1. The molecule has 2 N–H and O–H groups in total. The molecule has 2 aromatic heterocycles. The van der Waals surface area contributed by atoms with Gasteiger partial charge in [0.15, 0.2) is 0 Å². The monoisotopic (exact) mass is 341 g/mol. The minimum Gasteiger partial charge on any atom is -0.477 e. The predicted octanol–water partition coefficient (Wildman–Crippen LogP) is 4.68. The fourth-order valence-electron chi connectivity index (χ4n) is 3.04. The van der Waals surface area contributed by atoms with Crippen LogP contribution in [0, 0.1) is 34.6 Å². The van der Waals surface area contributed by atoms with Gasteiger partial charge >= 0.3 is 5.97 Å². The smallest absolute Gasteiger partial charge is 0.346 e. The Hall–Kier alpha value is -2.47. The fraction of sp³-hybridized carbons (Fsp3) is 0.278. The number of thiophene rings is 1. The van der Waals surface area contributed by atoms with Crippen LogP contribution in [0.15, 0.2) is 12.1 Å². The SMILES string of the molecule is Cc1cc(C)c(Nc2nc(C)nc3sc(C(=O)O)c(C)c23)c(C)c1. The van der Waals surface area contributed by atoms with Crippen molar-refractivity contribution >= 4 is 39.0 Å². The zero-order valence-electron chi connectivity index (χ0n) is 14.3. The van der Waals surface area contributed by atoms with E-state index in [1.54, 1.807) is 6.92 Å². The molecule has 0 spiro atoms. The van der Waals surface area contributed by atoms with Crippen LogP contribution >= 0.6 is 11.3 Å². The molecule has 0 saturated heterocycles. The molecule has 124 valence electrons. The highest BCUT2D eigenvalue weighted by Crippen LogP contribution is 2.36. The molecule has 5 nitrogen and oxygen atoms in total. The number of hydrogen-bond donors (Lipinski definition) is 2. The highest BCUT2D eigenvalue weighted by Gasteiger charge is 2.20. The van der Waals surface area contributed by atoms with Crippen molar-refractivity contribution in [2.45, 2.75) is 34.6 Å². The van der Waals surface area contributed by atoms with Gasteiger partial charge in [0.05, 0.1) is 5.39 Å². The molecule has 0 aliphatic heterocycles. The molecule has 0 bridgehead atoms. The zero-order valence-corrected chi connectivity index (χ0v) is 15.1. The topological polar surface area (TPSA) is 75.1 Å². The molecule has 0 radical (unpaired) electrons. The number of carboxylic acids is 1. The van der Waals surface area contributed by atoms with Crippen molar-refractivity contribution < 1.29 is 9.90 Å². The molecule has 24 heavy (non-hydrogen) atoms. The van der Waals surface area contributed by atoms with E-state index >= 15 is 0 Å². The lowest BCUT2D eigenvalue weighted by molar-refractivity contribution is 0.0701. The number of nitrogens with one attached hydrogen (secondary N) is 1. The Labute approximate surface area is 144 Å². The molecule has 0 saturated carbocycles. The van der Waals surface area contributed by atoms with Crippen LogP contribution in [-0.4, -0.2) is 21.0 Å². The highest BCUT2D eigenvalue weighted by atomic mass is 32.1. The maximum absolute atomic E-state index is 11.4. The van der Waals surface area contributed by atoms with E-state index in [-0.39, 0.29) is 0 Å². The van der Waals surface area contributed by atoms with Gasteiger partial charge in [0.25, 0.3) is 0 Å². The number of aromatic nitrogens is 2. The van der Waals surface area contributed by atoms with Crippen molar-refractivity contribution in [3.05, 3.63) is 45.1 Å². The van der Waals surface area contributed by atoms with Crippen LogP contribution in [0.2, 0.25) is 0 Å². The molecule has 0 fully saturated rings. The maximum atomic E-state index is 11.4. The quantitative estimate of drug-likeness (QED) is 0.724. The average molecular weight is 341 g/mol. The minimum absolute atomic E-state index is 0.310. The van der Waals surface area contributed by atoms with Gasteiger partial charge in [-0.25, -0.2) is 14.8 Å². The summed E-state index contributed by atoms with van der Waals surface area (Å²) < 4.78 is 0. The fourth-order valence-corrected chi connectivity index (χ4v) is 4.10. The van der Waals surface area contributed by atoms with Gasteiger partial charge in [-0.05, 0) is 51.3 Å². The first-order chi connectivity index (χ1) is 11.3. The van der Waals surface area contributed by atoms with Gasteiger partial charge in [-0.15, -0.1) is 11.3 Å². The van der Waals surface area contributed by atoms with Crippen molar-refractivity contribution in [2.24, 2.45) is 0 Å². The Morgan fingerprint density at radius 3 is 2.29 bits per heavy atom. The highest BCUT2D eigenvalue weighted by molar-refractivity contribution is 7.20. The lowest BCUT2D eigenvalue weighted by atomic mass is 10.0. The molecular formula is C18H19N3O2S. The third kappa shape index (κ3) is 2.73. The largest absolute Gasteiger partial charge is 0.477 e. The van der Waals surface area contributed by atoms with Gasteiger partial charge in [0.2, 0.25) is 0 Å². The molecule has 0 atom stereocenters. The summed E-state index contributed by atoms with van der Waals surface area (Å²) in [5.74, 6) is 0.348. The number of anilines is 2. The standard InChI is InChI=1S/C18H19N3O2S/c1-8-6-9(2)14(10(3)7-8)21-16-13-11(4)15(18(22)23)24-17(13)20-12(5)19-16/h6-7H,1-5H3,(H,22,23)(H,19,20,21). The second-order valence-electron chi connectivity index (χ2n) is 6.06. The number of rotatable bonds is 3. The Morgan fingerprint density at radius 1 is 1.08 bits per heavy atom. The Morgan fingerprint density at radius 2 is 1.71 bits per heavy atom. The van der Waals surface area contributed by atoms with Crippen LogP contribution in [0.25, 0.3) is 10.2 Å². The van der Waals surface area contributed by atoms with Crippen LogP contribution in [0.4, 0.5) is 11.5 Å². The molecular weight excluding hydrogens is 322 g/mol. The van der Waals surface area contributed by atoms with Crippen molar-refractivity contribution in [3.63, 3.8) is 0 Å². The lowest BCUT2D eigenvalue weighted by Gasteiger charge is -2.14. The van der Waals surface area contributed by atoms with Gasteiger partial charge in [0, 0.05) is 5.69 Å². The van der Waals surface area contributed by atoms with Crippen molar-refractivity contribution in [3.8, 4) is 0 Å². The van der Waals surface area contributed by atoms with E-state index in [2.05, 4.69) is 48.2 Å². The first-order valence-electron chi connectivity index (χ1n) is 7.64. The summed E-state index contributed by atoms with van der Waals surface area (Å²) >= 11 is 1.19. The third-order valence-electron chi connectivity index (χ3n) is 4.02. The number of hydrogen-bond acceptors (Lipinski definition) is 5. The number of aromatic carboxylic acids is 1. The van der Waals surface area contributed by atoms with Crippen LogP contribution in [0.3, 0.4) is 0 Å². The van der Waals surface area contributed by atoms with Crippen LogP contribution in [0.5, 0.6) is 0 Å². The number of carboxylic acid groups (broad SMARTS) is 1. The minimum atomic E-state index is -0.929. The second kappa shape index (κ2) is 5.87. The van der Waals surface area contributed by atoms with Gasteiger partial charge in [-0.3, -0.25) is 0 Å². The first-order valence-corrected chi connectivity index (χ1v) is 8.45. The van der Waals surface area contributed by atoms with Gasteiger partial charge in [0.1, 0.15) is 21.3 Å². The Balaban J connectivity index is 2.22. The summed E-state index contributed by atoms with van der Waals surface area (Å²) in [5.41, 5.74) is 5.17.